The van der Waals surface area contributed by atoms with Crippen molar-refractivity contribution in [3.63, 3.8) is 0 Å². The second-order valence-corrected chi connectivity index (χ2v) is 3.99. The average Bonchev–Trinajstić information content (AvgIpc) is 2.33. The van der Waals surface area contributed by atoms with Crippen LogP contribution in [0.4, 0.5) is 4.39 Å². The highest BCUT2D eigenvalue weighted by atomic mass is 35.5. The molecule has 2 aromatic rings. The Labute approximate surface area is 106 Å². The summed E-state index contributed by atoms with van der Waals surface area (Å²) >= 11 is 5.77. The van der Waals surface area contributed by atoms with Crippen LogP contribution >= 0.6 is 11.6 Å². The first-order chi connectivity index (χ1) is 8.54. The molecule has 18 heavy (non-hydrogen) atoms. The van der Waals surface area contributed by atoms with E-state index < -0.39 is 22.9 Å². The topological polar surface area (TPSA) is 59.2 Å². The van der Waals surface area contributed by atoms with Gasteiger partial charge in [0.25, 0.3) is 0 Å². The summed E-state index contributed by atoms with van der Waals surface area (Å²) in [6.07, 6.45) is 0. The third kappa shape index (κ3) is 2.09. The van der Waals surface area contributed by atoms with Crippen LogP contribution in [0.25, 0.3) is 10.9 Å². The summed E-state index contributed by atoms with van der Waals surface area (Å²) in [6.45, 7) is 1.68. The van der Waals surface area contributed by atoms with Crippen molar-refractivity contribution in [2.75, 3.05) is 6.61 Å². The van der Waals surface area contributed by atoms with Crippen molar-refractivity contribution in [3.05, 3.63) is 45.0 Å². The summed E-state index contributed by atoms with van der Waals surface area (Å²) in [7, 11) is 0. The number of hydrogen-bond donors (Lipinski definition) is 1. The minimum absolute atomic E-state index is 0.0912. The zero-order chi connectivity index (χ0) is 13.3. The lowest BCUT2D eigenvalue weighted by Crippen LogP contribution is -2.18. The van der Waals surface area contributed by atoms with Gasteiger partial charge in [0.05, 0.1) is 12.1 Å². The maximum absolute atomic E-state index is 13.7. The number of aromatic nitrogens is 1. The molecule has 0 aliphatic carbocycles. The Morgan fingerprint density at radius 2 is 2.22 bits per heavy atom. The minimum Gasteiger partial charge on any atom is -0.461 e. The van der Waals surface area contributed by atoms with Crippen molar-refractivity contribution < 1.29 is 13.9 Å². The minimum atomic E-state index is -1.15. The normalized spacial score (nSPS) is 10.6. The van der Waals surface area contributed by atoms with E-state index >= 15 is 0 Å². The summed E-state index contributed by atoms with van der Waals surface area (Å²) in [5.41, 5.74) is -1.06. The quantitative estimate of drug-likeness (QED) is 0.852. The Morgan fingerprint density at radius 1 is 1.50 bits per heavy atom. The maximum Gasteiger partial charge on any atom is 0.357 e. The highest BCUT2D eigenvalue weighted by molar-refractivity contribution is 6.31. The van der Waals surface area contributed by atoms with Gasteiger partial charge < -0.3 is 9.72 Å². The highest BCUT2D eigenvalue weighted by Gasteiger charge is 2.18. The number of esters is 1. The lowest BCUT2D eigenvalue weighted by Gasteiger charge is -2.05. The van der Waals surface area contributed by atoms with E-state index in [2.05, 4.69) is 9.72 Å². The van der Waals surface area contributed by atoms with E-state index in [1.807, 2.05) is 0 Å². The molecule has 94 valence electrons. The van der Waals surface area contributed by atoms with E-state index in [9.17, 15) is 14.0 Å². The van der Waals surface area contributed by atoms with Gasteiger partial charge in [0, 0.05) is 10.4 Å². The van der Waals surface area contributed by atoms with Crippen LogP contribution in [0.15, 0.2) is 23.0 Å². The monoisotopic (exact) mass is 269 g/mol. The number of pyridine rings is 1. The standard InChI is InChI=1S/C12H9ClFNO3/c1-2-18-12(17)10-9(14)11(16)7-4-3-6(13)5-8(7)15-10/h3-5H,2H2,1H3,(H,15,16). The molecule has 6 heteroatoms. The lowest BCUT2D eigenvalue weighted by molar-refractivity contribution is 0.0514. The van der Waals surface area contributed by atoms with Crippen molar-refractivity contribution in [3.8, 4) is 0 Å². The van der Waals surface area contributed by atoms with E-state index in [1.54, 1.807) is 6.92 Å². The lowest BCUT2D eigenvalue weighted by atomic mass is 10.2. The van der Waals surface area contributed by atoms with Crippen LogP contribution in [0, 0.1) is 5.82 Å². The van der Waals surface area contributed by atoms with Crippen LogP contribution in [-0.2, 0) is 4.74 Å². The molecule has 2 rings (SSSR count). The van der Waals surface area contributed by atoms with Gasteiger partial charge in [-0.2, -0.15) is 0 Å². The fourth-order valence-electron chi connectivity index (χ4n) is 1.58. The van der Waals surface area contributed by atoms with Crippen molar-refractivity contribution in [2.24, 2.45) is 0 Å². The van der Waals surface area contributed by atoms with Crippen molar-refractivity contribution in [2.45, 2.75) is 6.92 Å². The number of H-pyrrole nitrogens is 1. The first kappa shape index (κ1) is 12.6. The number of fused-ring (bicyclic) bond motifs is 1. The number of aromatic amines is 1. The van der Waals surface area contributed by atoms with Gasteiger partial charge in [-0.1, -0.05) is 11.6 Å². The first-order valence-electron chi connectivity index (χ1n) is 5.22. The van der Waals surface area contributed by atoms with Crippen LogP contribution < -0.4 is 5.43 Å². The number of nitrogens with one attached hydrogen (secondary N) is 1. The number of rotatable bonds is 2. The molecule has 0 aliphatic rings. The second kappa shape index (κ2) is 4.78. The van der Waals surface area contributed by atoms with Crippen LogP contribution in [-0.4, -0.2) is 17.6 Å². The van der Waals surface area contributed by atoms with Gasteiger partial charge in [-0.25, -0.2) is 9.18 Å². The average molecular weight is 270 g/mol. The Hall–Kier alpha value is -1.88. The Morgan fingerprint density at radius 3 is 2.89 bits per heavy atom. The molecule has 0 bridgehead atoms. The van der Waals surface area contributed by atoms with Gasteiger partial charge in [-0.3, -0.25) is 4.79 Å². The number of carbonyl (C=O) groups excluding carboxylic acids is 1. The molecule has 4 nitrogen and oxygen atoms in total. The molecule has 0 unspecified atom stereocenters. The van der Waals surface area contributed by atoms with Gasteiger partial charge in [0.1, 0.15) is 0 Å². The molecule has 0 saturated carbocycles. The number of benzene rings is 1. The van der Waals surface area contributed by atoms with Crippen LogP contribution in [0.3, 0.4) is 0 Å². The first-order valence-corrected chi connectivity index (χ1v) is 5.60. The zero-order valence-corrected chi connectivity index (χ0v) is 10.2. The molecule has 0 aliphatic heterocycles. The van der Waals surface area contributed by atoms with Crippen molar-refractivity contribution >= 4 is 28.5 Å². The summed E-state index contributed by atoms with van der Waals surface area (Å²) in [5, 5.41) is 0.504. The zero-order valence-electron chi connectivity index (χ0n) is 9.42. The molecule has 1 N–H and O–H groups in total. The molecule has 0 atom stereocenters. The van der Waals surface area contributed by atoms with Crippen LogP contribution in [0.5, 0.6) is 0 Å². The number of halogens is 2. The molecule has 0 fully saturated rings. The molecule has 0 amide bonds. The van der Waals surface area contributed by atoms with E-state index in [0.717, 1.165) is 0 Å². The third-order valence-corrected chi connectivity index (χ3v) is 2.62. The summed E-state index contributed by atoms with van der Waals surface area (Å²) in [4.78, 5) is 25.7. The van der Waals surface area contributed by atoms with Gasteiger partial charge in [-0.15, -0.1) is 0 Å². The van der Waals surface area contributed by atoms with Crippen molar-refractivity contribution in [1.29, 1.82) is 0 Å². The smallest absolute Gasteiger partial charge is 0.357 e. The molecule has 1 aromatic carbocycles. The molecule has 0 saturated heterocycles. The van der Waals surface area contributed by atoms with Crippen LogP contribution in [0.1, 0.15) is 17.4 Å². The summed E-state index contributed by atoms with van der Waals surface area (Å²) < 4.78 is 18.4. The molecule has 1 aromatic heterocycles. The predicted octanol–water partition coefficient (Wildman–Crippen LogP) is 2.50. The fourth-order valence-corrected chi connectivity index (χ4v) is 1.76. The molecular weight excluding hydrogens is 261 g/mol. The fraction of sp³-hybridized carbons (Fsp3) is 0.167. The number of carbonyl (C=O) groups is 1. The maximum atomic E-state index is 13.7. The van der Waals surface area contributed by atoms with Gasteiger partial charge in [0.2, 0.25) is 11.2 Å². The predicted molar refractivity (Wildman–Crippen MR) is 65.5 cm³/mol. The molecular formula is C12H9ClFNO3. The van der Waals surface area contributed by atoms with Crippen LogP contribution in [0.2, 0.25) is 5.02 Å². The van der Waals surface area contributed by atoms with Crippen molar-refractivity contribution in [1.82, 2.24) is 4.98 Å². The highest BCUT2D eigenvalue weighted by Crippen LogP contribution is 2.17. The van der Waals surface area contributed by atoms with E-state index in [0.29, 0.717) is 5.02 Å². The molecule has 1 heterocycles. The van der Waals surface area contributed by atoms with E-state index in [1.165, 1.54) is 18.2 Å². The Kier molecular flexibility index (Phi) is 3.34. The van der Waals surface area contributed by atoms with Gasteiger partial charge in [0.15, 0.2) is 5.69 Å². The summed E-state index contributed by atoms with van der Waals surface area (Å²) in [5.74, 6) is -2.06. The van der Waals surface area contributed by atoms with Gasteiger partial charge in [-0.05, 0) is 25.1 Å². The largest absolute Gasteiger partial charge is 0.461 e. The Bertz CT molecular complexity index is 681. The molecule has 0 radical (unpaired) electrons. The Balaban J connectivity index is 2.73. The third-order valence-electron chi connectivity index (χ3n) is 2.38. The number of hydrogen-bond acceptors (Lipinski definition) is 3. The van der Waals surface area contributed by atoms with Gasteiger partial charge >= 0.3 is 5.97 Å². The number of ether oxygens (including phenoxy) is 1. The second-order valence-electron chi connectivity index (χ2n) is 3.55. The summed E-state index contributed by atoms with van der Waals surface area (Å²) in [6, 6.07) is 4.32. The van der Waals surface area contributed by atoms with E-state index in [4.69, 9.17) is 11.6 Å². The SMILES string of the molecule is CCOC(=O)c1[nH]c2cc(Cl)ccc2c(=O)c1F. The van der Waals surface area contributed by atoms with E-state index in [-0.39, 0.29) is 17.5 Å². The molecule has 0 spiro atoms.